The van der Waals surface area contributed by atoms with E-state index in [4.69, 9.17) is 9.47 Å². The molecule has 0 N–H and O–H groups in total. The minimum Gasteiger partial charge on any atom is -0.344 e. The Morgan fingerprint density at radius 1 is 1.29 bits per heavy atom. The lowest BCUT2D eigenvalue weighted by Crippen LogP contribution is -2.23. The van der Waals surface area contributed by atoms with E-state index in [9.17, 15) is 4.79 Å². The molecule has 1 saturated heterocycles. The van der Waals surface area contributed by atoms with Crippen LogP contribution < -0.4 is 0 Å². The van der Waals surface area contributed by atoms with Crippen molar-refractivity contribution in [1.82, 2.24) is 0 Å². The van der Waals surface area contributed by atoms with Crippen LogP contribution in [0.2, 0.25) is 0 Å². The van der Waals surface area contributed by atoms with E-state index in [1.165, 1.54) is 12.8 Å². The van der Waals surface area contributed by atoms with Gasteiger partial charge in [0, 0.05) is 0 Å². The number of carbonyl (C=O) groups excluding carboxylic acids is 1. The smallest absolute Gasteiger partial charge is 0.164 e. The molecule has 1 fully saturated rings. The summed E-state index contributed by atoms with van der Waals surface area (Å²) in [5.41, 5.74) is 0. The molecule has 0 amide bonds. The van der Waals surface area contributed by atoms with Gasteiger partial charge in [-0.1, -0.05) is 26.2 Å². The van der Waals surface area contributed by atoms with Gasteiger partial charge in [-0.25, -0.2) is 0 Å². The highest BCUT2D eigenvalue weighted by atomic mass is 16.8. The average molecular weight is 200 g/mol. The highest BCUT2D eigenvalue weighted by Gasteiger charge is 2.40. The Kier molecular flexibility index (Phi) is 4.08. The zero-order valence-corrected chi connectivity index (χ0v) is 9.29. The minimum absolute atomic E-state index is 0.0472. The fourth-order valence-corrected chi connectivity index (χ4v) is 1.80. The molecule has 0 aliphatic carbocycles. The van der Waals surface area contributed by atoms with Gasteiger partial charge in [-0.15, -0.1) is 0 Å². The van der Waals surface area contributed by atoms with Gasteiger partial charge in [-0.2, -0.15) is 0 Å². The van der Waals surface area contributed by atoms with Crippen molar-refractivity contribution < 1.29 is 14.3 Å². The first-order valence-corrected chi connectivity index (χ1v) is 5.40. The fraction of sp³-hybridized carbons (Fsp3) is 0.909. The Labute approximate surface area is 85.8 Å². The van der Waals surface area contributed by atoms with Crippen molar-refractivity contribution in [3.05, 3.63) is 0 Å². The Bertz CT molecular complexity index is 189. The summed E-state index contributed by atoms with van der Waals surface area (Å²) in [6.45, 7) is 5.86. The monoisotopic (exact) mass is 200 g/mol. The lowest BCUT2D eigenvalue weighted by molar-refractivity contribution is -0.150. The summed E-state index contributed by atoms with van der Waals surface area (Å²) in [6.07, 6.45) is 4.82. The van der Waals surface area contributed by atoms with E-state index in [1.54, 1.807) is 0 Å². The molecule has 3 nitrogen and oxygen atoms in total. The van der Waals surface area contributed by atoms with Gasteiger partial charge in [-0.3, -0.25) is 0 Å². The predicted molar refractivity (Wildman–Crippen MR) is 54.0 cm³/mol. The lowest BCUT2D eigenvalue weighted by Gasteiger charge is -2.16. The molecule has 0 aromatic heterocycles. The van der Waals surface area contributed by atoms with E-state index in [0.29, 0.717) is 0 Å². The molecule has 0 unspecified atom stereocenters. The van der Waals surface area contributed by atoms with Gasteiger partial charge in [-0.05, 0) is 20.3 Å². The minimum atomic E-state index is -0.595. The van der Waals surface area contributed by atoms with Crippen molar-refractivity contribution in [2.75, 3.05) is 0 Å². The second-order valence-electron chi connectivity index (χ2n) is 4.27. The molecule has 1 aliphatic rings. The lowest BCUT2D eigenvalue weighted by atomic mass is 10.1. The van der Waals surface area contributed by atoms with Gasteiger partial charge in [0.15, 0.2) is 12.1 Å². The molecule has 3 heteroatoms. The van der Waals surface area contributed by atoms with Crippen LogP contribution in [-0.2, 0) is 14.3 Å². The van der Waals surface area contributed by atoms with Crippen LogP contribution in [0.25, 0.3) is 0 Å². The standard InChI is InChI=1S/C11H20O3/c1-4-5-6-7-9-10(8-12)14-11(2,3)13-9/h8-10H,4-7H2,1-3H3/t9-,10+/m0/s1. The maximum atomic E-state index is 10.7. The Hall–Kier alpha value is -0.410. The summed E-state index contributed by atoms with van der Waals surface area (Å²) in [6, 6.07) is 0. The van der Waals surface area contributed by atoms with E-state index >= 15 is 0 Å². The normalized spacial score (nSPS) is 30.5. The summed E-state index contributed by atoms with van der Waals surface area (Å²) in [5, 5.41) is 0. The number of ether oxygens (including phenoxy) is 2. The van der Waals surface area contributed by atoms with Crippen LogP contribution in [-0.4, -0.2) is 24.3 Å². The first kappa shape index (κ1) is 11.7. The number of hydrogen-bond acceptors (Lipinski definition) is 3. The Morgan fingerprint density at radius 3 is 2.57 bits per heavy atom. The molecule has 82 valence electrons. The molecule has 0 saturated carbocycles. The first-order chi connectivity index (χ1) is 6.59. The molecule has 0 radical (unpaired) electrons. The maximum absolute atomic E-state index is 10.7. The molecule has 0 aromatic carbocycles. The first-order valence-electron chi connectivity index (χ1n) is 5.40. The van der Waals surface area contributed by atoms with Gasteiger partial charge in [0.05, 0.1) is 6.10 Å². The highest BCUT2D eigenvalue weighted by Crippen LogP contribution is 2.29. The number of carbonyl (C=O) groups is 1. The van der Waals surface area contributed by atoms with Gasteiger partial charge in [0.25, 0.3) is 0 Å². The molecular formula is C11H20O3. The molecule has 0 aromatic rings. The SMILES string of the molecule is CCCCC[C@@H]1OC(C)(C)O[C@@H]1C=O. The van der Waals surface area contributed by atoms with Crippen molar-refractivity contribution >= 4 is 6.29 Å². The molecule has 1 rings (SSSR count). The summed E-state index contributed by atoms with van der Waals surface area (Å²) in [7, 11) is 0. The summed E-state index contributed by atoms with van der Waals surface area (Å²) in [5.74, 6) is -0.595. The predicted octanol–water partition coefficient (Wildman–Crippen LogP) is 2.29. The van der Waals surface area contributed by atoms with Crippen LogP contribution in [0.3, 0.4) is 0 Å². The van der Waals surface area contributed by atoms with E-state index in [2.05, 4.69) is 6.92 Å². The van der Waals surface area contributed by atoms with E-state index in [1.807, 2.05) is 13.8 Å². The van der Waals surface area contributed by atoms with Crippen LogP contribution >= 0.6 is 0 Å². The van der Waals surface area contributed by atoms with Gasteiger partial charge < -0.3 is 14.3 Å². The van der Waals surface area contributed by atoms with Crippen molar-refractivity contribution in [2.45, 2.75) is 64.4 Å². The second-order valence-corrected chi connectivity index (χ2v) is 4.27. The molecular weight excluding hydrogens is 180 g/mol. The number of hydrogen-bond donors (Lipinski definition) is 0. The average Bonchev–Trinajstić information content (AvgIpc) is 2.41. The number of aldehydes is 1. The third-order valence-electron chi connectivity index (χ3n) is 2.45. The van der Waals surface area contributed by atoms with E-state index < -0.39 is 5.79 Å². The summed E-state index contributed by atoms with van der Waals surface area (Å²) >= 11 is 0. The summed E-state index contributed by atoms with van der Waals surface area (Å²) in [4.78, 5) is 10.7. The Balaban J connectivity index is 2.39. The van der Waals surface area contributed by atoms with Crippen molar-refractivity contribution in [2.24, 2.45) is 0 Å². The topological polar surface area (TPSA) is 35.5 Å². The van der Waals surface area contributed by atoms with E-state index in [0.717, 1.165) is 19.1 Å². The third kappa shape index (κ3) is 3.07. The van der Waals surface area contributed by atoms with Crippen molar-refractivity contribution in [3.8, 4) is 0 Å². The second kappa shape index (κ2) is 4.89. The van der Waals surface area contributed by atoms with Crippen molar-refractivity contribution in [3.63, 3.8) is 0 Å². The zero-order valence-electron chi connectivity index (χ0n) is 9.29. The van der Waals surface area contributed by atoms with Gasteiger partial charge in [0.2, 0.25) is 0 Å². The molecule has 14 heavy (non-hydrogen) atoms. The van der Waals surface area contributed by atoms with E-state index in [-0.39, 0.29) is 12.2 Å². The van der Waals surface area contributed by atoms with Gasteiger partial charge in [0.1, 0.15) is 6.10 Å². The fourth-order valence-electron chi connectivity index (χ4n) is 1.80. The van der Waals surface area contributed by atoms with Crippen LogP contribution in [0.15, 0.2) is 0 Å². The zero-order chi connectivity index (χ0) is 10.6. The van der Waals surface area contributed by atoms with Crippen LogP contribution in [0, 0.1) is 0 Å². The largest absolute Gasteiger partial charge is 0.344 e. The Morgan fingerprint density at radius 2 is 2.00 bits per heavy atom. The number of unbranched alkanes of at least 4 members (excludes halogenated alkanes) is 2. The molecule has 0 spiro atoms. The van der Waals surface area contributed by atoms with Crippen LogP contribution in [0.4, 0.5) is 0 Å². The van der Waals surface area contributed by atoms with Crippen LogP contribution in [0.1, 0.15) is 46.5 Å². The third-order valence-corrected chi connectivity index (χ3v) is 2.45. The molecule has 0 bridgehead atoms. The van der Waals surface area contributed by atoms with Gasteiger partial charge >= 0.3 is 0 Å². The highest BCUT2D eigenvalue weighted by molar-refractivity contribution is 5.57. The summed E-state index contributed by atoms with van der Waals surface area (Å²) < 4.78 is 11.1. The maximum Gasteiger partial charge on any atom is 0.164 e. The number of rotatable bonds is 5. The molecule has 1 heterocycles. The molecule has 1 aliphatic heterocycles. The quantitative estimate of drug-likeness (QED) is 0.504. The van der Waals surface area contributed by atoms with Crippen molar-refractivity contribution in [1.29, 1.82) is 0 Å². The van der Waals surface area contributed by atoms with Crippen LogP contribution in [0.5, 0.6) is 0 Å². The molecule has 2 atom stereocenters.